The van der Waals surface area contributed by atoms with Gasteiger partial charge in [0.1, 0.15) is 5.92 Å². The van der Waals surface area contributed by atoms with Crippen LogP contribution in [0.3, 0.4) is 0 Å². The Balaban J connectivity index is 1.90. The normalized spacial score (nSPS) is 17.7. The van der Waals surface area contributed by atoms with E-state index >= 15 is 0 Å². The van der Waals surface area contributed by atoms with Gasteiger partial charge in [-0.1, -0.05) is 53.2 Å². The molecule has 33 heavy (non-hydrogen) atoms. The number of nitrogens with zero attached hydrogens (tertiary/aromatic N) is 1. The summed E-state index contributed by atoms with van der Waals surface area (Å²) in [7, 11) is 0. The van der Waals surface area contributed by atoms with Crippen LogP contribution < -0.4 is 10.6 Å². The van der Waals surface area contributed by atoms with Gasteiger partial charge >= 0.3 is 5.97 Å². The fourth-order valence-corrected chi connectivity index (χ4v) is 4.58. The number of esters is 1. The lowest BCUT2D eigenvalue weighted by Crippen LogP contribution is -2.44. The number of hydrogen-bond donors (Lipinski definition) is 2. The minimum atomic E-state index is -1.29. The Labute approximate surface area is 205 Å². The smallest absolute Gasteiger partial charge is 0.319 e. The summed E-state index contributed by atoms with van der Waals surface area (Å²) in [6, 6.07) is 15.4. The molecule has 2 aromatic rings. The summed E-state index contributed by atoms with van der Waals surface area (Å²) in [4.78, 5) is 37.9. The number of amides is 2. The van der Waals surface area contributed by atoms with E-state index in [-0.39, 0.29) is 28.9 Å². The van der Waals surface area contributed by atoms with Gasteiger partial charge in [0.15, 0.2) is 0 Å². The van der Waals surface area contributed by atoms with Gasteiger partial charge in [0.25, 0.3) is 0 Å². The maximum absolute atomic E-state index is 12.9. The number of allylic oxidation sites excluding steroid dienone is 1. The van der Waals surface area contributed by atoms with E-state index in [2.05, 4.69) is 16.7 Å². The molecule has 10 heteroatoms. The van der Waals surface area contributed by atoms with Crippen molar-refractivity contribution >= 4 is 58.4 Å². The first-order valence-electron chi connectivity index (χ1n) is 9.90. The molecule has 2 aromatic carbocycles. The molecule has 1 heterocycles. The largest absolute Gasteiger partial charge is 0.465 e. The van der Waals surface area contributed by atoms with E-state index in [4.69, 9.17) is 27.9 Å². The minimum Gasteiger partial charge on any atom is -0.465 e. The topological polar surface area (TPSA) is 108 Å². The molecule has 0 radical (unpaired) electrons. The van der Waals surface area contributed by atoms with Gasteiger partial charge in [-0.25, -0.2) is 0 Å². The van der Waals surface area contributed by atoms with E-state index in [0.717, 1.165) is 11.8 Å². The predicted molar refractivity (Wildman–Crippen MR) is 128 cm³/mol. The van der Waals surface area contributed by atoms with Gasteiger partial charge in [0.2, 0.25) is 11.8 Å². The van der Waals surface area contributed by atoms with Gasteiger partial charge < -0.3 is 15.4 Å². The van der Waals surface area contributed by atoms with E-state index in [1.165, 1.54) is 0 Å². The summed E-state index contributed by atoms with van der Waals surface area (Å²) < 4.78 is 5.09. The molecular weight excluding hydrogens is 485 g/mol. The number of nitriles is 1. The van der Waals surface area contributed by atoms with Gasteiger partial charge in [-0.15, -0.1) is 0 Å². The van der Waals surface area contributed by atoms with E-state index < -0.39 is 23.7 Å². The van der Waals surface area contributed by atoms with Gasteiger partial charge in [-0.2, -0.15) is 5.26 Å². The summed E-state index contributed by atoms with van der Waals surface area (Å²) in [5.74, 6) is -4.04. The van der Waals surface area contributed by atoms with Crippen LogP contribution in [0, 0.1) is 17.2 Å². The van der Waals surface area contributed by atoms with Crippen molar-refractivity contribution in [3.05, 3.63) is 74.7 Å². The van der Waals surface area contributed by atoms with E-state index in [9.17, 15) is 19.6 Å². The molecule has 0 saturated carbocycles. The van der Waals surface area contributed by atoms with E-state index in [0.29, 0.717) is 21.3 Å². The lowest BCUT2D eigenvalue weighted by Gasteiger charge is -2.31. The highest BCUT2D eigenvalue weighted by Gasteiger charge is 2.45. The average Bonchev–Trinajstić information content (AvgIpc) is 2.79. The van der Waals surface area contributed by atoms with Crippen molar-refractivity contribution in [1.29, 1.82) is 5.26 Å². The second kappa shape index (κ2) is 11.2. The summed E-state index contributed by atoms with van der Waals surface area (Å²) in [5.41, 5.74) is 1.14. The van der Waals surface area contributed by atoms with Gasteiger partial charge in [-0.05, 0) is 42.8 Å². The molecule has 0 aliphatic carbocycles. The van der Waals surface area contributed by atoms with Crippen LogP contribution in [0.25, 0.3) is 0 Å². The fourth-order valence-electron chi connectivity index (χ4n) is 3.36. The van der Waals surface area contributed by atoms with Gasteiger partial charge in [0, 0.05) is 21.7 Å². The summed E-state index contributed by atoms with van der Waals surface area (Å²) in [5, 5.41) is 16.3. The molecule has 170 valence electrons. The Bertz CT molecular complexity index is 1150. The van der Waals surface area contributed by atoms with Crippen LogP contribution in [0.4, 0.5) is 5.69 Å². The van der Waals surface area contributed by atoms with Gasteiger partial charge in [0.05, 0.1) is 29.0 Å². The van der Waals surface area contributed by atoms with Crippen molar-refractivity contribution in [2.24, 2.45) is 5.92 Å². The first-order chi connectivity index (χ1) is 15.8. The maximum Gasteiger partial charge on any atom is 0.319 e. The molecule has 1 aliphatic heterocycles. The Morgan fingerprint density at radius 3 is 2.52 bits per heavy atom. The van der Waals surface area contributed by atoms with Crippen molar-refractivity contribution in [2.45, 2.75) is 12.8 Å². The van der Waals surface area contributed by atoms with Crippen molar-refractivity contribution in [3.63, 3.8) is 0 Å². The summed E-state index contributed by atoms with van der Waals surface area (Å²) >= 11 is 13.2. The van der Waals surface area contributed by atoms with Crippen LogP contribution in [0.2, 0.25) is 10.0 Å². The van der Waals surface area contributed by atoms with Crippen LogP contribution in [-0.4, -0.2) is 30.1 Å². The number of hydrogen-bond acceptors (Lipinski definition) is 6. The predicted octanol–water partition coefficient (Wildman–Crippen LogP) is 4.49. The molecule has 2 amide bonds. The molecule has 0 fully saturated rings. The van der Waals surface area contributed by atoms with Crippen molar-refractivity contribution in [2.75, 3.05) is 17.7 Å². The third-order valence-corrected chi connectivity index (χ3v) is 6.40. The summed E-state index contributed by atoms with van der Waals surface area (Å²) in [6.07, 6.45) is 0. The average molecular weight is 504 g/mol. The molecule has 3 rings (SSSR count). The van der Waals surface area contributed by atoms with Crippen LogP contribution in [0.15, 0.2) is 59.1 Å². The van der Waals surface area contributed by atoms with Crippen molar-refractivity contribution < 1.29 is 19.1 Å². The lowest BCUT2D eigenvalue weighted by atomic mass is 9.78. The molecule has 2 N–H and O–H groups in total. The third-order valence-electron chi connectivity index (χ3n) is 4.79. The van der Waals surface area contributed by atoms with Crippen LogP contribution in [0.1, 0.15) is 18.4 Å². The molecule has 2 unspecified atom stereocenters. The van der Waals surface area contributed by atoms with Crippen molar-refractivity contribution in [3.8, 4) is 6.07 Å². The number of anilines is 1. The Morgan fingerprint density at radius 2 is 1.88 bits per heavy atom. The van der Waals surface area contributed by atoms with E-state index in [1.807, 2.05) is 0 Å². The zero-order valence-corrected chi connectivity index (χ0v) is 19.8. The highest BCUT2D eigenvalue weighted by atomic mass is 35.5. The highest BCUT2D eigenvalue weighted by molar-refractivity contribution is 8.03. The number of benzene rings is 2. The molecule has 0 spiro atoms. The monoisotopic (exact) mass is 503 g/mol. The SMILES string of the molecule is CCOC(=O)C1C(=O)NC(SCC(=O)Nc2ccc(Cl)cc2)=C(C#N)C1c1ccccc1Cl. The lowest BCUT2D eigenvalue weighted by molar-refractivity contribution is -0.152. The van der Waals surface area contributed by atoms with Crippen molar-refractivity contribution in [1.82, 2.24) is 5.32 Å². The Morgan fingerprint density at radius 1 is 1.18 bits per heavy atom. The number of halogens is 2. The first-order valence-corrected chi connectivity index (χ1v) is 11.6. The molecule has 7 nitrogen and oxygen atoms in total. The number of carbonyl (C=O) groups excluding carboxylic acids is 3. The zero-order chi connectivity index (χ0) is 24.0. The fraction of sp³-hybridized carbons (Fsp3) is 0.217. The molecule has 1 aliphatic rings. The number of carbonyl (C=O) groups is 3. The number of rotatable bonds is 7. The second-order valence-corrected chi connectivity index (χ2v) is 8.75. The molecule has 0 saturated heterocycles. The second-order valence-electron chi connectivity index (χ2n) is 6.92. The quantitative estimate of drug-likeness (QED) is 0.425. The minimum absolute atomic E-state index is 0.0793. The van der Waals surface area contributed by atoms with E-state index in [1.54, 1.807) is 55.5 Å². The standard InChI is InChI=1S/C23H19Cl2N3O4S/c1-2-32-23(31)20-19(15-5-3-4-6-17(15)25)16(11-26)22(28-21(20)30)33-12-18(29)27-14-9-7-13(24)8-10-14/h3-10,19-20H,2,12H2,1H3,(H,27,29)(H,28,30). The van der Waals surface area contributed by atoms with Crippen LogP contribution in [-0.2, 0) is 19.1 Å². The van der Waals surface area contributed by atoms with Gasteiger partial charge in [-0.3, -0.25) is 14.4 Å². The zero-order valence-electron chi connectivity index (χ0n) is 17.4. The summed E-state index contributed by atoms with van der Waals surface area (Å²) in [6.45, 7) is 1.71. The van der Waals surface area contributed by atoms with Crippen LogP contribution in [0.5, 0.6) is 0 Å². The van der Waals surface area contributed by atoms with Crippen LogP contribution >= 0.6 is 35.0 Å². The number of nitrogens with one attached hydrogen (secondary N) is 2. The number of thioether (sulfide) groups is 1. The Hall–Kier alpha value is -2.99. The third kappa shape index (κ3) is 5.88. The number of ether oxygens (including phenoxy) is 1. The molecular formula is C23H19Cl2N3O4S. The highest BCUT2D eigenvalue weighted by Crippen LogP contribution is 2.42. The molecule has 0 aromatic heterocycles. The maximum atomic E-state index is 12.9. The first kappa shape index (κ1) is 24.6. The Kier molecular flexibility index (Phi) is 8.39. The molecule has 2 atom stereocenters. The molecule has 0 bridgehead atoms.